The zero-order valence-electron chi connectivity index (χ0n) is 11.3. The van der Waals surface area contributed by atoms with Crippen LogP contribution in [0.4, 0.5) is 5.69 Å². The number of esters is 1. The van der Waals surface area contributed by atoms with E-state index >= 15 is 0 Å². The maximum absolute atomic E-state index is 12.1. The van der Waals surface area contributed by atoms with Crippen LogP contribution >= 0.6 is 0 Å². The molecule has 1 aliphatic carbocycles. The number of hydrogen-bond donors (Lipinski definition) is 1. The van der Waals surface area contributed by atoms with E-state index in [-0.39, 0.29) is 5.97 Å². The van der Waals surface area contributed by atoms with Crippen molar-refractivity contribution in [2.75, 3.05) is 18.5 Å². The number of rotatable bonds is 4. The number of carbonyl (C=O) groups excluding carboxylic acids is 1. The highest BCUT2D eigenvalue weighted by atomic mass is 16.5. The monoisotopic (exact) mass is 259 g/mol. The Bertz CT molecular complexity index is 464. The van der Waals surface area contributed by atoms with Gasteiger partial charge in [0.1, 0.15) is 0 Å². The van der Waals surface area contributed by atoms with E-state index in [1.54, 1.807) is 0 Å². The normalized spacial score (nSPS) is 18.1. The molecular weight excluding hydrogens is 238 g/mol. The topological polar surface area (TPSA) is 38.3 Å². The number of carbonyl (C=O) groups is 1. The maximum atomic E-state index is 12.1. The van der Waals surface area contributed by atoms with Crippen molar-refractivity contribution in [3.63, 3.8) is 0 Å². The van der Waals surface area contributed by atoms with Crippen LogP contribution in [0.2, 0.25) is 0 Å². The predicted octanol–water partition coefficient (Wildman–Crippen LogP) is 3.39. The van der Waals surface area contributed by atoms with E-state index in [1.807, 2.05) is 18.2 Å². The van der Waals surface area contributed by atoms with E-state index in [2.05, 4.69) is 5.32 Å². The number of fused-ring (bicyclic) bond motifs is 1. The van der Waals surface area contributed by atoms with Gasteiger partial charge < -0.3 is 10.1 Å². The highest BCUT2D eigenvalue weighted by molar-refractivity contribution is 5.93. The van der Waals surface area contributed by atoms with Crippen molar-refractivity contribution >= 4 is 11.7 Å². The SMILES string of the molecule is O=C(OCCC1CCCC1)c1cccc2c1CCN2. The first kappa shape index (κ1) is 12.5. The number of benzene rings is 1. The van der Waals surface area contributed by atoms with Crippen LogP contribution in [0, 0.1) is 5.92 Å². The molecule has 1 fully saturated rings. The summed E-state index contributed by atoms with van der Waals surface area (Å²) in [4.78, 5) is 12.1. The molecule has 102 valence electrons. The average Bonchev–Trinajstić information content (AvgIpc) is 3.08. The molecule has 1 heterocycles. The highest BCUT2D eigenvalue weighted by Gasteiger charge is 2.20. The Balaban J connectivity index is 1.57. The maximum Gasteiger partial charge on any atom is 0.338 e. The molecule has 1 N–H and O–H groups in total. The second-order valence-corrected chi connectivity index (χ2v) is 5.58. The van der Waals surface area contributed by atoms with Gasteiger partial charge in [-0.25, -0.2) is 4.79 Å². The van der Waals surface area contributed by atoms with E-state index in [0.29, 0.717) is 6.61 Å². The summed E-state index contributed by atoms with van der Waals surface area (Å²) in [6.45, 7) is 1.49. The lowest BCUT2D eigenvalue weighted by atomic mass is 10.0. The first-order valence-corrected chi connectivity index (χ1v) is 7.37. The standard InChI is InChI=1S/C16H21NO2/c18-16(19-11-9-12-4-1-2-5-12)14-6-3-7-15-13(14)8-10-17-15/h3,6-7,12,17H,1-2,4-5,8-11H2. The van der Waals surface area contributed by atoms with Crippen molar-refractivity contribution in [1.82, 2.24) is 0 Å². The first-order chi connectivity index (χ1) is 9.34. The van der Waals surface area contributed by atoms with Crippen molar-refractivity contribution in [2.45, 2.75) is 38.5 Å². The Morgan fingerprint density at radius 2 is 2.16 bits per heavy atom. The molecule has 0 amide bonds. The number of anilines is 1. The summed E-state index contributed by atoms with van der Waals surface area (Å²) in [5.41, 5.74) is 2.95. The summed E-state index contributed by atoms with van der Waals surface area (Å²) >= 11 is 0. The van der Waals surface area contributed by atoms with Gasteiger partial charge >= 0.3 is 5.97 Å². The molecule has 1 aliphatic heterocycles. The quantitative estimate of drug-likeness (QED) is 0.842. The molecule has 0 spiro atoms. The van der Waals surface area contributed by atoms with Gasteiger partial charge in [-0.2, -0.15) is 0 Å². The van der Waals surface area contributed by atoms with Crippen molar-refractivity contribution in [3.05, 3.63) is 29.3 Å². The minimum atomic E-state index is -0.154. The molecular formula is C16H21NO2. The Hall–Kier alpha value is -1.51. The van der Waals surface area contributed by atoms with Crippen molar-refractivity contribution < 1.29 is 9.53 Å². The molecule has 0 atom stereocenters. The van der Waals surface area contributed by atoms with E-state index in [4.69, 9.17) is 4.74 Å². The number of nitrogens with one attached hydrogen (secondary N) is 1. The molecule has 0 saturated heterocycles. The van der Waals surface area contributed by atoms with Crippen LogP contribution in [0.5, 0.6) is 0 Å². The number of ether oxygens (including phenoxy) is 1. The van der Waals surface area contributed by atoms with Gasteiger partial charge in [0.05, 0.1) is 12.2 Å². The molecule has 3 heteroatoms. The minimum Gasteiger partial charge on any atom is -0.462 e. The Morgan fingerprint density at radius 3 is 3.00 bits per heavy atom. The molecule has 0 radical (unpaired) electrons. The lowest BCUT2D eigenvalue weighted by molar-refractivity contribution is 0.0482. The van der Waals surface area contributed by atoms with Crippen molar-refractivity contribution in [2.24, 2.45) is 5.92 Å². The van der Waals surface area contributed by atoms with Crippen molar-refractivity contribution in [3.8, 4) is 0 Å². The summed E-state index contributed by atoms with van der Waals surface area (Å²) in [7, 11) is 0. The summed E-state index contributed by atoms with van der Waals surface area (Å²) < 4.78 is 5.45. The molecule has 0 unspecified atom stereocenters. The van der Waals surface area contributed by atoms with Gasteiger partial charge in [-0.05, 0) is 36.5 Å². The fourth-order valence-corrected chi connectivity index (χ4v) is 3.23. The zero-order valence-corrected chi connectivity index (χ0v) is 11.3. The Kier molecular flexibility index (Phi) is 3.72. The van der Waals surface area contributed by atoms with Crippen LogP contribution in [0.1, 0.15) is 48.0 Å². The smallest absolute Gasteiger partial charge is 0.338 e. The average molecular weight is 259 g/mol. The molecule has 19 heavy (non-hydrogen) atoms. The summed E-state index contributed by atoms with van der Waals surface area (Å²) in [5, 5.41) is 3.29. The largest absolute Gasteiger partial charge is 0.462 e. The third-order valence-corrected chi connectivity index (χ3v) is 4.32. The second kappa shape index (κ2) is 5.64. The lowest BCUT2D eigenvalue weighted by Gasteiger charge is -2.11. The molecule has 0 bridgehead atoms. The van der Waals surface area contributed by atoms with Crippen LogP contribution in [0.3, 0.4) is 0 Å². The molecule has 1 saturated carbocycles. The third kappa shape index (κ3) is 2.75. The molecule has 1 aromatic rings. The van der Waals surface area contributed by atoms with Crippen LogP contribution in [0.15, 0.2) is 18.2 Å². The van der Waals surface area contributed by atoms with E-state index in [0.717, 1.165) is 42.1 Å². The summed E-state index contributed by atoms with van der Waals surface area (Å²) in [5.74, 6) is 0.620. The van der Waals surface area contributed by atoms with E-state index in [9.17, 15) is 4.79 Å². The third-order valence-electron chi connectivity index (χ3n) is 4.32. The second-order valence-electron chi connectivity index (χ2n) is 5.58. The fraction of sp³-hybridized carbons (Fsp3) is 0.562. The van der Waals surface area contributed by atoms with Crippen LogP contribution in [0.25, 0.3) is 0 Å². The van der Waals surface area contributed by atoms with Crippen LogP contribution < -0.4 is 5.32 Å². The highest BCUT2D eigenvalue weighted by Crippen LogP contribution is 2.28. The Labute approximate surface area is 114 Å². The molecule has 2 aliphatic rings. The minimum absolute atomic E-state index is 0.154. The molecule has 1 aromatic carbocycles. The first-order valence-electron chi connectivity index (χ1n) is 7.37. The summed E-state index contributed by atoms with van der Waals surface area (Å²) in [6.07, 6.45) is 7.25. The van der Waals surface area contributed by atoms with Crippen LogP contribution in [-0.4, -0.2) is 19.1 Å². The van der Waals surface area contributed by atoms with Gasteiger partial charge in [0.25, 0.3) is 0 Å². The Morgan fingerprint density at radius 1 is 1.32 bits per heavy atom. The van der Waals surface area contributed by atoms with Gasteiger partial charge in [-0.15, -0.1) is 0 Å². The van der Waals surface area contributed by atoms with E-state index in [1.165, 1.54) is 25.7 Å². The molecule has 3 nitrogen and oxygen atoms in total. The van der Waals surface area contributed by atoms with Gasteiger partial charge in [0, 0.05) is 12.2 Å². The summed E-state index contributed by atoms with van der Waals surface area (Å²) in [6, 6.07) is 5.83. The zero-order chi connectivity index (χ0) is 13.1. The predicted molar refractivity (Wildman–Crippen MR) is 75.5 cm³/mol. The molecule has 0 aromatic heterocycles. The number of hydrogen-bond acceptors (Lipinski definition) is 3. The van der Waals surface area contributed by atoms with E-state index < -0.39 is 0 Å². The van der Waals surface area contributed by atoms with Gasteiger partial charge in [-0.3, -0.25) is 0 Å². The van der Waals surface area contributed by atoms with Gasteiger partial charge in [-0.1, -0.05) is 31.7 Å². The lowest BCUT2D eigenvalue weighted by Crippen LogP contribution is -2.10. The fourth-order valence-electron chi connectivity index (χ4n) is 3.23. The van der Waals surface area contributed by atoms with Gasteiger partial charge in [0.2, 0.25) is 0 Å². The van der Waals surface area contributed by atoms with Crippen LogP contribution in [-0.2, 0) is 11.2 Å². The van der Waals surface area contributed by atoms with Gasteiger partial charge in [0.15, 0.2) is 0 Å². The molecule has 3 rings (SSSR count). The van der Waals surface area contributed by atoms with Crippen molar-refractivity contribution in [1.29, 1.82) is 0 Å².